The number of imidazole rings is 1. The van der Waals surface area contributed by atoms with Gasteiger partial charge in [-0.05, 0) is 53.0 Å². The summed E-state index contributed by atoms with van der Waals surface area (Å²) >= 11 is 0. The summed E-state index contributed by atoms with van der Waals surface area (Å²) in [6, 6.07) is 13.5. The highest BCUT2D eigenvalue weighted by Gasteiger charge is 2.56. The third-order valence-electron chi connectivity index (χ3n) is 7.45. The third-order valence-corrected chi connectivity index (χ3v) is 7.45. The van der Waals surface area contributed by atoms with E-state index in [-0.39, 0.29) is 17.2 Å². The van der Waals surface area contributed by atoms with Crippen LogP contribution in [0.5, 0.6) is 0 Å². The van der Waals surface area contributed by atoms with Crippen LogP contribution < -0.4 is 10.2 Å². The maximum atomic E-state index is 13.0. The normalized spacial score (nSPS) is 20.7. The second kappa shape index (κ2) is 9.41. The Morgan fingerprint density at radius 3 is 2.47 bits per heavy atom. The van der Waals surface area contributed by atoms with Crippen LogP contribution in [0.3, 0.4) is 0 Å². The van der Waals surface area contributed by atoms with E-state index in [1.165, 1.54) is 5.56 Å². The van der Waals surface area contributed by atoms with E-state index in [4.69, 9.17) is 0 Å². The number of aromatic amines is 1. The summed E-state index contributed by atoms with van der Waals surface area (Å²) in [5, 5.41) is 3.06. The van der Waals surface area contributed by atoms with E-state index >= 15 is 0 Å². The van der Waals surface area contributed by atoms with Crippen molar-refractivity contribution < 1.29 is 9.59 Å². The molecule has 8 nitrogen and oxygen atoms in total. The van der Waals surface area contributed by atoms with Gasteiger partial charge in [0.05, 0.1) is 6.54 Å². The first-order valence-electron chi connectivity index (χ1n) is 12.5. The monoisotopic (exact) mass is 486 g/mol. The lowest BCUT2D eigenvalue weighted by Gasteiger charge is -2.22. The Labute approximate surface area is 212 Å². The van der Waals surface area contributed by atoms with Crippen molar-refractivity contribution in [1.82, 2.24) is 25.2 Å². The van der Waals surface area contributed by atoms with E-state index in [0.717, 1.165) is 24.5 Å². The molecule has 1 saturated heterocycles. The summed E-state index contributed by atoms with van der Waals surface area (Å²) < 4.78 is 0. The van der Waals surface area contributed by atoms with Crippen molar-refractivity contribution >= 4 is 17.6 Å². The second-order valence-electron chi connectivity index (χ2n) is 11.0. The number of likely N-dealkylation sites (tertiary alicyclic amines) is 1. The summed E-state index contributed by atoms with van der Waals surface area (Å²) in [6.45, 7) is 9.23. The van der Waals surface area contributed by atoms with Crippen molar-refractivity contribution in [2.75, 3.05) is 31.6 Å². The smallest absolute Gasteiger partial charge is 0.269 e. The minimum atomic E-state index is -0.167. The number of carbonyl (C=O) groups excluding carboxylic acids is 2. The lowest BCUT2D eigenvalue weighted by Crippen LogP contribution is -2.34. The van der Waals surface area contributed by atoms with Gasteiger partial charge in [-0.15, -0.1) is 0 Å². The quantitative estimate of drug-likeness (QED) is 0.533. The van der Waals surface area contributed by atoms with Crippen LogP contribution in [-0.4, -0.2) is 58.3 Å². The molecule has 2 aromatic heterocycles. The summed E-state index contributed by atoms with van der Waals surface area (Å²) in [4.78, 5) is 41.5. The minimum absolute atomic E-state index is 0.0706. The number of piperidine rings is 1. The van der Waals surface area contributed by atoms with Crippen molar-refractivity contribution in [2.45, 2.75) is 32.7 Å². The van der Waals surface area contributed by atoms with Gasteiger partial charge in [-0.3, -0.25) is 9.59 Å². The second-order valence-corrected chi connectivity index (χ2v) is 11.0. The van der Waals surface area contributed by atoms with Gasteiger partial charge in [-0.1, -0.05) is 39.0 Å². The zero-order valence-corrected chi connectivity index (χ0v) is 21.4. The number of rotatable bonds is 7. The molecule has 0 radical (unpaired) electrons. The first-order chi connectivity index (χ1) is 17.2. The Hall–Kier alpha value is -3.68. The molecule has 2 N–H and O–H groups in total. The summed E-state index contributed by atoms with van der Waals surface area (Å²) in [5.41, 5.74) is 2.45. The maximum Gasteiger partial charge on any atom is 0.269 e. The van der Waals surface area contributed by atoms with Gasteiger partial charge in [-0.25, -0.2) is 9.97 Å². The number of benzene rings is 1. The molecule has 8 heteroatoms. The Kier molecular flexibility index (Phi) is 6.28. The number of hydrogen-bond acceptors (Lipinski definition) is 5. The van der Waals surface area contributed by atoms with Crippen LogP contribution in [0.1, 0.15) is 53.0 Å². The average Bonchev–Trinajstić information content (AvgIpc) is 3.23. The Balaban J connectivity index is 1.10. The predicted octanol–water partition coefficient (Wildman–Crippen LogP) is 3.49. The topological polar surface area (TPSA) is 94.2 Å². The van der Waals surface area contributed by atoms with Gasteiger partial charge in [0, 0.05) is 44.6 Å². The van der Waals surface area contributed by atoms with Crippen molar-refractivity contribution in [2.24, 2.45) is 17.8 Å². The van der Waals surface area contributed by atoms with E-state index in [9.17, 15) is 9.59 Å². The lowest BCUT2D eigenvalue weighted by atomic mass is 9.86. The molecule has 1 aliphatic carbocycles. The zero-order valence-electron chi connectivity index (χ0n) is 21.4. The molecule has 2 amide bonds. The number of amides is 2. The number of carbonyl (C=O) groups is 2. The highest BCUT2D eigenvalue weighted by atomic mass is 16.2. The molecule has 1 saturated carbocycles. The van der Waals surface area contributed by atoms with E-state index in [2.05, 4.69) is 53.2 Å². The molecule has 36 heavy (non-hydrogen) atoms. The van der Waals surface area contributed by atoms with Gasteiger partial charge < -0.3 is 20.1 Å². The number of aromatic nitrogens is 3. The molecule has 2 unspecified atom stereocenters. The average molecular weight is 487 g/mol. The van der Waals surface area contributed by atoms with Crippen LogP contribution in [0.15, 0.2) is 54.9 Å². The molecule has 1 aliphatic heterocycles. The van der Waals surface area contributed by atoms with Gasteiger partial charge in [-0.2, -0.15) is 0 Å². The summed E-state index contributed by atoms with van der Waals surface area (Å²) in [7, 11) is 1.92. The fourth-order valence-electron chi connectivity index (χ4n) is 5.17. The largest absolute Gasteiger partial charge is 0.352 e. The van der Waals surface area contributed by atoms with Gasteiger partial charge >= 0.3 is 0 Å². The van der Waals surface area contributed by atoms with Crippen LogP contribution in [-0.2, 0) is 12.0 Å². The molecule has 5 rings (SSSR count). The fraction of sp³-hybridized carbons (Fsp3) is 0.429. The van der Waals surface area contributed by atoms with Crippen molar-refractivity contribution in [3.8, 4) is 0 Å². The SMILES string of the molecule is CN(Cc1ncc[nH]1)c1cccc(C(=O)NCC2C3CN(C(=O)c4ccc(C(C)(C)C)cc4)CC23)n1. The first-order valence-corrected chi connectivity index (χ1v) is 12.5. The Bertz CT molecular complexity index is 1220. The number of nitrogens with one attached hydrogen (secondary N) is 2. The predicted molar refractivity (Wildman–Crippen MR) is 139 cm³/mol. The number of hydrogen-bond donors (Lipinski definition) is 2. The number of fused-ring (bicyclic) bond motifs is 1. The first kappa shape index (κ1) is 24.0. The number of anilines is 1. The molecule has 2 fully saturated rings. The van der Waals surface area contributed by atoms with Crippen LogP contribution in [0.2, 0.25) is 0 Å². The summed E-state index contributed by atoms with van der Waals surface area (Å²) in [6.07, 6.45) is 3.50. The number of nitrogens with zero attached hydrogens (tertiary/aromatic N) is 4. The maximum absolute atomic E-state index is 13.0. The zero-order chi connectivity index (χ0) is 25.4. The van der Waals surface area contributed by atoms with E-state index in [0.29, 0.717) is 42.4 Å². The highest BCUT2D eigenvalue weighted by Crippen LogP contribution is 2.51. The Morgan fingerprint density at radius 1 is 1.11 bits per heavy atom. The minimum Gasteiger partial charge on any atom is -0.352 e. The van der Waals surface area contributed by atoms with E-state index in [1.807, 2.05) is 41.1 Å². The number of H-pyrrole nitrogens is 1. The van der Waals surface area contributed by atoms with Gasteiger partial charge in [0.15, 0.2) is 0 Å². The molecule has 2 aliphatic rings. The lowest BCUT2D eigenvalue weighted by molar-refractivity contribution is 0.0764. The fourth-order valence-corrected chi connectivity index (χ4v) is 5.17. The molecular weight excluding hydrogens is 452 g/mol. The molecule has 0 bridgehead atoms. The molecule has 0 spiro atoms. The van der Waals surface area contributed by atoms with Crippen LogP contribution >= 0.6 is 0 Å². The highest BCUT2D eigenvalue weighted by molar-refractivity contribution is 5.94. The molecular formula is C28H34N6O2. The van der Waals surface area contributed by atoms with Gasteiger partial charge in [0.25, 0.3) is 11.8 Å². The van der Waals surface area contributed by atoms with Gasteiger partial charge in [0.2, 0.25) is 0 Å². The van der Waals surface area contributed by atoms with Crippen LogP contribution in [0, 0.1) is 17.8 Å². The Morgan fingerprint density at radius 2 is 1.83 bits per heavy atom. The number of pyridine rings is 1. The van der Waals surface area contributed by atoms with E-state index in [1.54, 1.807) is 18.5 Å². The molecule has 1 aromatic carbocycles. The third kappa shape index (κ3) is 4.98. The van der Waals surface area contributed by atoms with Crippen LogP contribution in [0.4, 0.5) is 5.82 Å². The standard InChI is InChI=1S/C28H34N6O2/c1-28(2,3)19-10-8-18(9-11-19)27(36)34-15-21-20(22(21)16-34)14-31-26(35)23-6-5-7-25(32-23)33(4)17-24-29-12-13-30-24/h5-13,20-22H,14-17H2,1-4H3,(H,29,30)(H,31,35). The molecule has 3 aromatic rings. The molecule has 3 heterocycles. The van der Waals surface area contributed by atoms with Gasteiger partial charge in [0.1, 0.15) is 17.3 Å². The van der Waals surface area contributed by atoms with E-state index < -0.39 is 0 Å². The van der Waals surface area contributed by atoms with Crippen molar-refractivity contribution in [3.05, 3.63) is 77.5 Å². The molecule has 2 atom stereocenters. The van der Waals surface area contributed by atoms with Crippen LogP contribution in [0.25, 0.3) is 0 Å². The summed E-state index contributed by atoms with van der Waals surface area (Å²) in [5.74, 6) is 2.83. The molecule has 188 valence electrons. The van der Waals surface area contributed by atoms with Crippen molar-refractivity contribution in [1.29, 1.82) is 0 Å². The van der Waals surface area contributed by atoms with Crippen molar-refractivity contribution in [3.63, 3.8) is 0 Å².